The number of amides is 2. The lowest BCUT2D eigenvalue weighted by Gasteiger charge is -2.32. The van der Waals surface area contributed by atoms with Crippen LogP contribution in [0.4, 0.5) is 23.8 Å². The van der Waals surface area contributed by atoms with E-state index in [-0.39, 0.29) is 24.0 Å². The number of urea groups is 1. The molecule has 2 N–H and O–H groups in total. The maximum absolute atomic E-state index is 12.8. The number of aromatic nitrogens is 2. The van der Waals surface area contributed by atoms with Gasteiger partial charge in [-0.1, -0.05) is 38.6 Å². The molecule has 0 saturated heterocycles. The zero-order chi connectivity index (χ0) is 25.8. The van der Waals surface area contributed by atoms with Crippen molar-refractivity contribution in [2.75, 3.05) is 5.32 Å². The highest BCUT2D eigenvalue weighted by molar-refractivity contribution is 5.90. The molecule has 1 aromatic heterocycles. The number of rotatable bonds is 9. The number of hydrogen-bond donors (Lipinski definition) is 2. The molecule has 3 rings (SSSR count). The molecule has 2 aromatic rings. The normalized spacial score (nSPS) is 18.0. The Morgan fingerprint density at radius 2 is 2.06 bits per heavy atom. The van der Waals surface area contributed by atoms with Crippen LogP contribution in [0.3, 0.4) is 0 Å². The summed E-state index contributed by atoms with van der Waals surface area (Å²) < 4.78 is 50.1. The Bertz CT molecular complexity index is 1100. The molecule has 1 saturated carbocycles. The van der Waals surface area contributed by atoms with E-state index in [4.69, 9.17) is 4.74 Å². The molecule has 0 atom stereocenters. The van der Waals surface area contributed by atoms with Crippen molar-refractivity contribution in [2.45, 2.75) is 66.0 Å². The Morgan fingerprint density at radius 3 is 2.66 bits per heavy atom. The van der Waals surface area contributed by atoms with E-state index in [0.29, 0.717) is 35.3 Å². The topological polar surface area (TPSA) is 77.4 Å². The highest BCUT2D eigenvalue weighted by Crippen LogP contribution is 2.34. The van der Waals surface area contributed by atoms with E-state index in [1.807, 2.05) is 13.8 Å². The van der Waals surface area contributed by atoms with E-state index in [9.17, 15) is 18.0 Å². The second-order valence-electron chi connectivity index (χ2n) is 8.70. The van der Waals surface area contributed by atoms with Crippen LogP contribution >= 0.6 is 0 Å². The highest BCUT2D eigenvalue weighted by Gasteiger charge is 2.32. The van der Waals surface area contributed by atoms with Crippen molar-refractivity contribution >= 4 is 17.5 Å². The lowest BCUT2D eigenvalue weighted by molar-refractivity contribution is -0.274. The third-order valence-electron chi connectivity index (χ3n) is 5.81. The van der Waals surface area contributed by atoms with Gasteiger partial charge in [-0.25, -0.2) is 9.48 Å². The van der Waals surface area contributed by atoms with Gasteiger partial charge in [-0.3, -0.25) is 5.32 Å². The van der Waals surface area contributed by atoms with Gasteiger partial charge < -0.3 is 14.8 Å². The number of hydrogen-bond acceptors (Lipinski definition) is 4. The fourth-order valence-corrected chi connectivity index (χ4v) is 3.86. The van der Waals surface area contributed by atoms with E-state index in [0.717, 1.165) is 18.4 Å². The Balaban J connectivity index is 1.78. The molecule has 2 amide bonds. The number of ether oxygens (including phenoxy) is 2. The number of allylic oxidation sites excluding steroid dienone is 3. The molecule has 7 nitrogen and oxygen atoms in total. The van der Waals surface area contributed by atoms with Gasteiger partial charge in [-0.2, -0.15) is 0 Å². The number of aryl methyl sites for hydroxylation is 1. The average Bonchev–Trinajstić information content (AvgIpc) is 3.06. The minimum Gasteiger partial charge on any atom is -0.473 e. The molecular formula is C25H31F3N4O3. The largest absolute Gasteiger partial charge is 0.573 e. The fraction of sp³-hybridized carbons (Fsp3) is 0.440. The summed E-state index contributed by atoms with van der Waals surface area (Å²) in [6.07, 6.45) is 1.09. The second kappa shape index (κ2) is 10.9. The predicted molar refractivity (Wildman–Crippen MR) is 128 cm³/mol. The van der Waals surface area contributed by atoms with E-state index in [2.05, 4.69) is 34.0 Å². The number of alkyl halides is 3. The van der Waals surface area contributed by atoms with Crippen LogP contribution in [0.15, 0.2) is 36.9 Å². The van der Waals surface area contributed by atoms with E-state index < -0.39 is 12.4 Å². The lowest BCUT2D eigenvalue weighted by Crippen LogP contribution is -2.32. The summed E-state index contributed by atoms with van der Waals surface area (Å²) in [5, 5.41) is 9.88. The van der Waals surface area contributed by atoms with Crippen LogP contribution in [-0.2, 0) is 13.0 Å². The third-order valence-corrected chi connectivity index (χ3v) is 5.81. The monoisotopic (exact) mass is 492 g/mol. The Morgan fingerprint density at radius 1 is 1.34 bits per heavy atom. The van der Waals surface area contributed by atoms with Crippen molar-refractivity contribution in [3.8, 4) is 11.6 Å². The minimum atomic E-state index is -4.84. The van der Waals surface area contributed by atoms with E-state index in [1.54, 1.807) is 35.9 Å². The first kappa shape index (κ1) is 26.2. The fourth-order valence-electron chi connectivity index (χ4n) is 3.86. The molecule has 0 spiro atoms. The molecular weight excluding hydrogens is 461 g/mol. The van der Waals surface area contributed by atoms with Gasteiger partial charge in [0.05, 0.1) is 5.56 Å². The molecule has 1 heterocycles. The number of carbonyl (C=O) groups excluding carboxylic acids is 1. The van der Waals surface area contributed by atoms with Gasteiger partial charge >= 0.3 is 12.4 Å². The summed E-state index contributed by atoms with van der Waals surface area (Å²) in [5.41, 5.74) is 2.38. The van der Waals surface area contributed by atoms with Crippen molar-refractivity contribution in [2.24, 2.45) is 5.92 Å². The van der Waals surface area contributed by atoms with Gasteiger partial charge in [-0.15, -0.1) is 18.3 Å². The smallest absolute Gasteiger partial charge is 0.473 e. The zero-order valence-electron chi connectivity index (χ0n) is 20.3. The van der Waals surface area contributed by atoms with Crippen molar-refractivity contribution in [1.82, 2.24) is 15.1 Å². The molecule has 0 radical (unpaired) electrons. The molecule has 10 heteroatoms. The molecule has 1 aliphatic carbocycles. The molecule has 1 aliphatic rings. The average molecular weight is 493 g/mol. The van der Waals surface area contributed by atoms with Crippen LogP contribution in [0.25, 0.3) is 5.70 Å². The summed E-state index contributed by atoms with van der Waals surface area (Å²) in [6.45, 7) is 11.2. The standard InChI is InChI=1S/C25H31F3N4O3/c1-6-8-16(4)32-22(17(5)23(31-32)34-20-11-15(3)12-20)30-24(33)29-14-19-13-18(7-2)9-10-21(19)35-25(26,27)28/h6,8-10,13,15,20H,1,7,11-12,14H2,2-5H3,(H2,29,30,33). The van der Waals surface area contributed by atoms with Gasteiger partial charge in [0.2, 0.25) is 5.88 Å². The summed E-state index contributed by atoms with van der Waals surface area (Å²) in [6, 6.07) is 3.80. The quantitative estimate of drug-likeness (QED) is 0.409. The predicted octanol–water partition coefficient (Wildman–Crippen LogP) is 6.20. The van der Waals surface area contributed by atoms with Crippen LogP contribution in [0.5, 0.6) is 11.6 Å². The maximum Gasteiger partial charge on any atom is 0.573 e. The van der Waals surface area contributed by atoms with Gasteiger partial charge in [0.15, 0.2) is 0 Å². The molecule has 0 bridgehead atoms. The van der Waals surface area contributed by atoms with Crippen LogP contribution in [-0.4, -0.2) is 28.3 Å². The van der Waals surface area contributed by atoms with Gasteiger partial charge in [-0.05, 0) is 56.7 Å². The Kier molecular flexibility index (Phi) is 8.14. The van der Waals surface area contributed by atoms with Crippen LogP contribution < -0.4 is 20.1 Å². The summed E-state index contributed by atoms with van der Waals surface area (Å²) in [5.74, 6) is 1.07. The highest BCUT2D eigenvalue weighted by atomic mass is 19.4. The van der Waals surface area contributed by atoms with Crippen molar-refractivity contribution in [1.29, 1.82) is 0 Å². The lowest BCUT2D eigenvalue weighted by atomic mass is 9.84. The zero-order valence-corrected chi connectivity index (χ0v) is 20.3. The molecule has 35 heavy (non-hydrogen) atoms. The number of carbonyl (C=O) groups is 1. The number of nitrogens with one attached hydrogen (secondary N) is 2. The van der Waals surface area contributed by atoms with E-state index in [1.165, 1.54) is 6.07 Å². The van der Waals surface area contributed by atoms with Crippen molar-refractivity contribution in [3.05, 3.63) is 53.6 Å². The molecule has 1 fully saturated rings. The van der Waals surface area contributed by atoms with Crippen molar-refractivity contribution < 1.29 is 27.4 Å². The maximum atomic E-state index is 12.8. The summed E-state index contributed by atoms with van der Waals surface area (Å²) >= 11 is 0. The first-order valence-corrected chi connectivity index (χ1v) is 11.5. The van der Waals surface area contributed by atoms with Gasteiger partial charge in [0.1, 0.15) is 17.7 Å². The number of halogens is 3. The first-order valence-electron chi connectivity index (χ1n) is 11.5. The Labute approximate surface area is 203 Å². The third kappa shape index (κ3) is 6.80. The molecule has 1 aromatic carbocycles. The SMILES string of the molecule is C=CC=C(C)n1nc(OC2CC(C)C2)c(C)c1NC(=O)NCc1cc(CC)ccc1OC(F)(F)F. The van der Waals surface area contributed by atoms with E-state index >= 15 is 0 Å². The number of anilines is 1. The van der Waals surface area contributed by atoms with Crippen LogP contribution in [0, 0.1) is 12.8 Å². The molecule has 0 unspecified atom stereocenters. The van der Waals surface area contributed by atoms with Crippen molar-refractivity contribution in [3.63, 3.8) is 0 Å². The van der Waals surface area contributed by atoms with Crippen LogP contribution in [0.2, 0.25) is 0 Å². The molecule has 190 valence electrons. The minimum absolute atomic E-state index is 0.0790. The summed E-state index contributed by atoms with van der Waals surface area (Å²) in [7, 11) is 0. The number of benzene rings is 1. The number of nitrogens with zero attached hydrogens (tertiary/aromatic N) is 2. The second-order valence-corrected chi connectivity index (χ2v) is 8.70. The molecule has 0 aliphatic heterocycles. The van der Waals surface area contributed by atoms with Crippen LogP contribution in [0.1, 0.15) is 50.3 Å². The van der Waals surface area contributed by atoms with Gasteiger partial charge in [0, 0.05) is 17.8 Å². The first-order chi connectivity index (χ1) is 16.5. The Hall–Kier alpha value is -3.43. The summed E-state index contributed by atoms with van der Waals surface area (Å²) in [4.78, 5) is 12.8. The van der Waals surface area contributed by atoms with Gasteiger partial charge in [0.25, 0.3) is 0 Å².